The third-order valence-corrected chi connectivity index (χ3v) is 15.2. The quantitative estimate of drug-likeness (QED) is 0.0374. The maximum atomic E-state index is 16.2. The summed E-state index contributed by atoms with van der Waals surface area (Å²) in [6, 6.07) is 25.5. The van der Waals surface area contributed by atoms with Crippen molar-refractivity contribution in [2.24, 2.45) is 5.41 Å². The Morgan fingerprint density at radius 1 is 0.890 bits per heavy atom. The summed E-state index contributed by atoms with van der Waals surface area (Å²) in [6.07, 6.45) is 7.85. The molecule has 436 valence electrons. The molecular formula is C61H72Cl2F2N10O7. The fraction of sp³-hybridized carbons (Fsp3) is 0.443. The third kappa shape index (κ3) is 15.3. The van der Waals surface area contributed by atoms with E-state index in [9.17, 15) is 14.9 Å². The molecule has 0 radical (unpaired) electrons. The van der Waals surface area contributed by atoms with Crippen LogP contribution < -0.4 is 30.9 Å². The Kier molecular flexibility index (Phi) is 21.3. The highest BCUT2D eigenvalue weighted by atomic mass is 35.5. The SMILES string of the molecule is COc1cc(C(=O)NCCOCCOCCOCCOC2CCC(Nc3nccc(-c4cnn(Cc5ccccc5)c4N(C)C)n3)CC2)ccc1NC(=O)[C@@H]1N[C@@H](CC(C)(C)C)[C@](C#N)(c2ccc(Cl)cc2F)[C@H]1c1cccc(Cl)c1F. The molecule has 1 aliphatic heterocycles. The number of ether oxygens (including phenoxy) is 5. The van der Waals surface area contributed by atoms with Crippen molar-refractivity contribution in [2.45, 2.75) is 95.0 Å². The maximum Gasteiger partial charge on any atom is 0.251 e. The fourth-order valence-corrected chi connectivity index (χ4v) is 11.2. The van der Waals surface area contributed by atoms with Crippen LogP contribution in [0.3, 0.4) is 0 Å². The number of nitrogens with one attached hydrogen (secondary N) is 4. The summed E-state index contributed by atoms with van der Waals surface area (Å²) in [5.41, 5.74) is 1.07. The highest BCUT2D eigenvalue weighted by molar-refractivity contribution is 6.31. The zero-order valence-corrected chi connectivity index (χ0v) is 48.7. The van der Waals surface area contributed by atoms with E-state index in [2.05, 4.69) is 49.4 Å². The first-order valence-electron chi connectivity index (χ1n) is 27.5. The average molecular weight is 1170 g/mol. The molecule has 6 aromatic rings. The number of aromatic nitrogens is 4. The number of amides is 2. The summed E-state index contributed by atoms with van der Waals surface area (Å²) in [7, 11) is 5.42. The van der Waals surface area contributed by atoms with Gasteiger partial charge in [0, 0.05) is 61.0 Å². The van der Waals surface area contributed by atoms with Crippen LogP contribution in [-0.4, -0.2) is 130 Å². The van der Waals surface area contributed by atoms with Crippen LogP contribution in [0.4, 0.5) is 26.2 Å². The first-order valence-corrected chi connectivity index (χ1v) is 28.3. The van der Waals surface area contributed by atoms with Gasteiger partial charge < -0.3 is 49.9 Å². The van der Waals surface area contributed by atoms with E-state index >= 15 is 8.78 Å². The molecule has 2 aromatic heterocycles. The first-order chi connectivity index (χ1) is 39.5. The number of nitrogens with zero attached hydrogens (tertiary/aromatic N) is 6. The van der Waals surface area contributed by atoms with Crippen LogP contribution in [-0.2, 0) is 35.7 Å². The number of hydrogen-bond acceptors (Lipinski definition) is 14. The molecule has 1 aliphatic carbocycles. The van der Waals surface area contributed by atoms with Crippen molar-refractivity contribution >= 4 is 52.5 Å². The molecule has 21 heteroatoms. The molecule has 17 nitrogen and oxygen atoms in total. The molecule has 82 heavy (non-hydrogen) atoms. The molecule has 4 atom stereocenters. The number of hydrogen-bond donors (Lipinski definition) is 4. The van der Waals surface area contributed by atoms with E-state index in [-0.39, 0.29) is 63.5 Å². The minimum Gasteiger partial charge on any atom is -0.495 e. The van der Waals surface area contributed by atoms with Gasteiger partial charge in [0.1, 0.15) is 28.6 Å². The highest BCUT2D eigenvalue weighted by Crippen LogP contribution is 2.53. The number of nitriles is 1. The standard InChI is InChI=1S/C61H72Cl2F2N10O7/c1-60(2,3)35-52-61(38-66,46-21-16-41(62)34-48(46)64)53(44-13-10-14-47(63)54(44)65)55(73-52)57(77)71-50-22-15-40(33-51(50)78-6)56(76)67-25-26-79-27-28-80-29-30-81-31-32-82-43-19-17-42(18-20-43)70-59-68-24-23-49(72-59)45-36-69-75(58(45)74(4)5)37-39-11-8-7-9-12-39/h7-16,21-24,33-34,36,42-43,52-53,55,73H,17-20,25-32,35,37H2,1-6H3,(H,67,76)(H,71,77)(H,68,70,72)/t42?,43?,52-,53-,55+,61-/m0/s1. The zero-order chi connectivity index (χ0) is 58.4. The lowest BCUT2D eigenvalue weighted by atomic mass is 9.62. The van der Waals surface area contributed by atoms with Crippen LogP contribution in [0.15, 0.2) is 103 Å². The van der Waals surface area contributed by atoms with Gasteiger partial charge in [-0.15, -0.1) is 0 Å². The van der Waals surface area contributed by atoms with Crippen LogP contribution in [0.5, 0.6) is 5.75 Å². The normalized spacial score (nSPS) is 19.8. The van der Waals surface area contributed by atoms with E-state index in [4.69, 9.17) is 57.0 Å². The van der Waals surface area contributed by atoms with Crippen LogP contribution in [0.1, 0.15) is 85.8 Å². The van der Waals surface area contributed by atoms with Crippen LogP contribution >= 0.6 is 23.2 Å². The highest BCUT2D eigenvalue weighted by Gasteiger charge is 2.61. The van der Waals surface area contributed by atoms with E-state index in [0.29, 0.717) is 58.6 Å². The predicted molar refractivity (Wildman–Crippen MR) is 313 cm³/mol. The van der Waals surface area contributed by atoms with Crippen molar-refractivity contribution < 1.29 is 42.1 Å². The van der Waals surface area contributed by atoms with Crippen molar-refractivity contribution in [1.29, 1.82) is 5.26 Å². The van der Waals surface area contributed by atoms with Gasteiger partial charge in [-0.3, -0.25) is 9.59 Å². The van der Waals surface area contributed by atoms with Crippen molar-refractivity contribution in [3.8, 4) is 23.1 Å². The number of benzene rings is 4. The van der Waals surface area contributed by atoms with E-state index < -0.39 is 52.3 Å². The second-order valence-corrected chi connectivity index (χ2v) is 22.7. The molecule has 2 aliphatic rings. The minimum atomic E-state index is -1.81. The van der Waals surface area contributed by atoms with E-state index in [1.165, 1.54) is 61.2 Å². The number of carbonyl (C=O) groups is 2. The predicted octanol–water partition coefficient (Wildman–Crippen LogP) is 10.2. The Hall–Kier alpha value is -6.76. The maximum absolute atomic E-state index is 16.2. The van der Waals surface area contributed by atoms with Crippen LogP contribution in [0, 0.1) is 28.4 Å². The second kappa shape index (κ2) is 28.5. The van der Waals surface area contributed by atoms with Gasteiger partial charge in [-0.05, 0) is 91.1 Å². The first kappa shape index (κ1) is 61.3. The lowest BCUT2D eigenvalue weighted by Crippen LogP contribution is -2.45. The second-order valence-electron chi connectivity index (χ2n) is 21.9. The number of anilines is 3. The van der Waals surface area contributed by atoms with Gasteiger partial charge in [-0.1, -0.05) is 92.5 Å². The Morgan fingerprint density at radius 3 is 2.29 bits per heavy atom. The van der Waals surface area contributed by atoms with Crippen molar-refractivity contribution in [3.63, 3.8) is 0 Å². The third-order valence-electron chi connectivity index (χ3n) is 14.7. The van der Waals surface area contributed by atoms with Crippen LogP contribution in [0.2, 0.25) is 10.0 Å². The molecule has 2 fully saturated rings. The number of methoxy groups -OCH3 is 1. The lowest BCUT2D eigenvalue weighted by Gasteiger charge is -2.37. The molecule has 4 N–H and O–H groups in total. The largest absolute Gasteiger partial charge is 0.495 e. The summed E-state index contributed by atoms with van der Waals surface area (Å²) < 4.78 is 63.1. The number of carbonyl (C=O) groups excluding carboxylic acids is 2. The molecule has 1 saturated carbocycles. The Labute approximate surface area is 488 Å². The van der Waals surface area contributed by atoms with E-state index in [1.54, 1.807) is 6.20 Å². The van der Waals surface area contributed by atoms with Crippen molar-refractivity contribution in [2.75, 3.05) is 89.5 Å². The summed E-state index contributed by atoms with van der Waals surface area (Å²) in [5, 5.41) is 28.3. The average Bonchev–Trinajstić information content (AvgIpc) is 3.60. The van der Waals surface area contributed by atoms with E-state index in [1.807, 2.05) is 70.0 Å². The van der Waals surface area contributed by atoms with Gasteiger partial charge in [-0.25, -0.2) is 23.4 Å². The Morgan fingerprint density at radius 2 is 1.61 bits per heavy atom. The Bertz CT molecular complexity index is 3150. The molecule has 4 aromatic carbocycles. The summed E-state index contributed by atoms with van der Waals surface area (Å²) in [6.45, 7) is 9.39. The molecular weight excluding hydrogens is 1090 g/mol. The molecule has 0 bridgehead atoms. The monoisotopic (exact) mass is 1160 g/mol. The Balaban J connectivity index is 0.720. The summed E-state index contributed by atoms with van der Waals surface area (Å²) in [5.74, 6) is -2.20. The number of rotatable bonds is 26. The van der Waals surface area contributed by atoms with Gasteiger partial charge in [0.2, 0.25) is 11.9 Å². The van der Waals surface area contributed by atoms with Crippen LogP contribution in [0.25, 0.3) is 11.3 Å². The van der Waals surface area contributed by atoms with Crippen molar-refractivity contribution in [3.05, 3.63) is 147 Å². The fourth-order valence-electron chi connectivity index (χ4n) is 10.9. The molecule has 0 unspecified atom stereocenters. The van der Waals surface area contributed by atoms with Gasteiger partial charge in [0.05, 0.1) is 106 Å². The van der Waals surface area contributed by atoms with Gasteiger partial charge in [0.25, 0.3) is 5.91 Å². The van der Waals surface area contributed by atoms with Gasteiger partial charge >= 0.3 is 0 Å². The number of halogens is 4. The lowest BCUT2D eigenvalue weighted by molar-refractivity contribution is -0.118. The molecule has 8 rings (SSSR count). The van der Waals surface area contributed by atoms with Crippen molar-refractivity contribution in [1.82, 2.24) is 30.4 Å². The topological polar surface area (TPSA) is 199 Å². The summed E-state index contributed by atoms with van der Waals surface area (Å²) in [4.78, 5) is 39.2. The smallest absolute Gasteiger partial charge is 0.251 e. The molecule has 1 saturated heterocycles. The minimum absolute atomic E-state index is 0.0405. The molecule has 2 amide bonds. The van der Waals surface area contributed by atoms with E-state index in [0.717, 1.165) is 48.8 Å². The van der Waals surface area contributed by atoms with Gasteiger partial charge in [-0.2, -0.15) is 10.4 Å². The molecule has 3 heterocycles. The summed E-state index contributed by atoms with van der Waals surface area (Å²) >= 11 is 12.5. The zero-order valence-electron chi connectivity index (χ0n) is 47.2. The van der Waals surface area contributed by atoms with Gasteiger partial charge in [0.15, 0.2) is 0 Å². The molecule has 0 spiro atoms.